The van der Waals surface area contributed by atoms with Crippen LogP contribution in [0, 0.1) is 5.92 Å². The van der Waals surface area contributed by atoms with Crippen LogP contribution in [0.3, 0.4) is 0 Å². The smallest absolute Gasteiger partial charge is 0.252 e. The standard InChI is InChI=1S/C18H28ClN3O3S/c1-13-6-5-9-22(12-13)14(2)11-20-18(23)16-10-15(7-8-17(16)19)26(24,25)21(3)4/h7-8,10,13-14H,5-6,9,11-12H2,1-4H3,(H,20,23). The van der Waals surface area contributed by atoms with E-state index in [4.69, 9.17) is 11.6 Å². The Bertz CT molecular complexity index is 752. The Kier molecular flexibility index (Phi) is 7.07. The van der Waals surface area contributed by atoms with Crippen LogP contribution in [0.2, 0.25) is 5.02 Å². The molecule has 2 atom stereocenters. The van der Waals surface area contributed by atoms with Gasteiger partial charge in [-0.05, 0) is 50.4 Å². The van der Waals surface area contributed by atoms with Crippen molar-refractivity contribution in [1.29, 1.82) is 0 Å². The lowest BCUT2D eigenvalue weighted by Crippen LogP contribution is -2.46. The van der Waals surface area contributed by atoms with Gasteiger partial charge in [0.1, 0.15) is 0 Å². The van der Waals surface area contributed by atoms with Crippen LogP contribution < -0.4 is 5.32 Å². The molecule has 1 saturated heterocycles. The van der Waals surface area contributed by atoms with Gasteiger partial charge in [-0.3, -0.25) is 9.69 Å². The number of halogens is 1. The lowest BCUT2D eigenvalue weighted by atomic mass is 9.99. The van der Waals surface area contributed by atoms with E-state index in [1.165, 1.54) is 45.1 Å². The predicted octanol–water partition coefficient (Wildman–Crippen LogP) is 2.44. The van der Waals surface area contributed by atoms with Gasteiger partial charge in [-0.1, -0.05) is 18.5 Å². The summed E-state index contributed by atoms with van der Waals surface area (Å²) < 4.78 is 25.6. The van der Waals surface area contributed by atoms with E-state index < -0.39 is 10.0 Å². The molecular weight excluding hydrogens is 374 g/mol. The van der Waals surface area contributed by atoms with Gasteiger partial charge in [-0.25, -0.2) is 12.7 Å². The summed E-state index contributed by atoms with van der Waals surface area (Å²) in [7, 11) is -0.719. The number of benzene rings is 1. The summed E-state index contributed by atoms with van der Waals surface area (Å²) in [4.78, 5) is 15.0. The molecule has 1 aliphatic heterocycles. The zero-order chi connectivity index (χ0) is 19.5. The second-order valence-electron chi connectivity index (χ2n) is 7.23. The molecule has 2 unspecified atom stereocenters. The highest BCUT2D eigenvalue weighted by molar-refractivity contribution is 7.89. The Labute approximate surface area is 161 Å². The lowest BCUT2D eigenvalue weighted by Gasteiger charge is -2.35. The first kappa shape index (κ1) is 21.2. The fourth-order valence-corrected chi connectivity index (χ4v) is 4.27. The first-order chi connectivity index (χ1) is 12.1. The zero-order valence-corrected chi connectivity index (χ0v) is 17.4. The quantitative estimate of drug-likeness (QED) is 0.794. The van der Waals surface area contributed by atoms with Gasteiger partial charge >= 0.3 is 0 Å². The zero-order valence-electron chi connectivity index (χ0n) is 15.8. The maximum atomic E-state index is 12.5. The Morgan fingerprint density at radius 1 is 1.42 bits per heavy atom. The first-order valence-electron chi connectivity index (χ1n) is 8.87. The van der Waals surface area contributed by atoms with Crippen molar-refractivity contribution in [3.05, 3.63) is 28.8 Å². The Morgan fingerprint density at radius 2 is 2.12 bits per heavy atom. The molecule has 1 aromatic rings. The number of carbonyl (C=O) groups is 1. The molecule has 146 valence electrons. The number of likely N-dealkylation sites (tertiary alicyclic amines) is 1. The molecule has 8 heteroatoms. The van der Waals surface area contributed by atoms with E-state index in [0.717, 1.165) is 17.4 Å². The van der Waals surface area contributed by atoms with Crippen molar-refractivity contribution >= 4 is 27.5 Å². The SMILES string of the molecule is CC1CCCN(C(C)CNC(=O)c2cc(S(=O)(=O)N(C)C)ccc2Cl)C1. The largest absolute Gasteiger partial charge is 0.350 e. The van der Waals surface area contributed by atoms with Crippen molar-refractivity contribution < 1.29 is 13.2 Å². The minimum atomic E-state index is -3.62. The summed E-state index contributed by atoms with van der Waals surface area (Å²) >= 11 is 6.12. The van der Waals surface area contributed by atoms with E-state index in [9.17, 15) is 13.2 Å². The number of carbonyl (C=O) groups excluding carboxylic acids is 1. The first-order valence-corrected chi connectivity index (χ1v) is 10.7. The third-order valence-corrected chi connectivity index (χ3v) is 6.97. The molecule has 26 heavy (non-hydrogen) atoms. The van der Waals surface area contributed by atoms with Crippen molar-refractivity contribution in [2.24, 2.45) is 5.92 Å². The van der Waals surface area contributed by atoms with Crippen molar-refractivity contribution in [2.45, 2.75) is 37.6 Å². The Balaban J connectivity index is 2.07. The Morgan fingerprint density at radius 3 is 2.73 bits per heavy atom. The van der Waals surface area contributed by atoms with Gasteiger partial charge in [-0.2, -0.15) is 0 Å². The van der Waals surface area contributed by atoms with Gasteiger partial charge in [0.2, 0.25) is 10.0 Å². The summed E-state index contributed by atoms with van der Waals surface area (Å²) in [5, 5.41) is 3.12. The van der Waals surface area contributed by atoms with E-state index in [1.807, 2.05) is 0 Å². The van der Waals surface area contributed by atoms with E-state index in [2.05, 4.69) is 24.1 Å². The molecule has 0 radical (unpaired) electrons. The van der Waals surface area contributed by atoms with Gasteiger partial charge < -0.3 is 5.32 Å². The van der Waals surface area contributed by atoms with Gasteiger partial charge in [0.15, 0.2) is 0 Å². The second-order valence-corrected chi connectivity index (χ2v) is 9.79. The molecule has 0 spiro atoms. The van der Waals surface area contributed by atoms with E-state index in [1.54, 1.807) is 0 Å². The molecule has 1 amide bonds. The van der Waals surface area contributed by atoms with E-state index in [0.29, 0.717) is 12.5 Å². The number of hydrogen-bond acceptors (Lipinski definition) is 4. The average Bonchev–Trinajstić information content (AvgIpc) is 2.59. The number of amides is 1. The minimum Gasteiger partial charge on any atom is -0.350 e. The summed E-state index contributed by atoms with van der Waals surface area (Å²) in [6, 6.07) is 4.41. The molecule has 1 aliphatic rings. The maximum absolute atomic E-state index is 12.5. The number of nitrogens with zero attached hydrogens (tertiary/aromatic N) is 2. The normalized spacial score (nSPS) is 20.2. The number of sulfonamides is 1. The third kappa shape index (κ3) is 4.97. The van der Waals surface area contributed by atoms with Gasteiger partial charge in [0.05, 0.1) is 15.5 Å². The number of piperidine rings is 1. The molecule has 0 bridgehead atoms. The highest BCUT2D eigenvalue weighted by Gasteiger charge is 2.23. The summed E-state index contributed by atoms with van der Waals surface area (Å²) in [6.45, 7) is 6.90. The minimum absolute atomic E-state index is 0.0509. The molecule has 1 heterocycles. The van der Waals surface area contributed by atoms with Crippen LogP contribution in [0.4, 0.5) is 0 Å². The molecule has 0 aromatic heterocycles. The average molecular weight is 402 g/mol. The molecule has 1 aromatic carbocycles. The molecule has 2 rings (SSSR count). The maximum Gasteiger partial charge on any atom is 0.252 e. The highest BCUT2D eigenvalue weighted by atomic mass is 35.5. The second kappa shape index (κ2) is 8.69. The monoisotopic (exact) mass is 401 g/mol. The van der Waals surface area contributed by atoms with Crippen LogP contribution in [0.1, 0.15) is 37.0 Å². The number of nitrogens with one attached hydrogen (secondary N) is 1. The molecule has 0 aliphatic carbocycles. The third-order valence-electron chi connectivity index (χ3n) is 4.83. The van der Waals surface area contributed by atoms with Gasteiger partial charge in [0.25, 0.3) is 5.91 Å². The van der Waals surface area contributed by atoms with E-state index >= 15 is 0 Å². The van der Waals surface area contributed by atoms with Crippen LogP contribution in [0.5, 0.6) is 0 Å². The van der Waals surface area contributed by atoms with Crippen LogP contribution in [-0.4, -0.2) is 63.3 Å². The molecular formula is C18H28ClN3O3S. The molecule has 0 saturated carbocycles. The van der Waals surface area contributed by atoms with Crippen LogP contribution in [-0.2, 0) is 10.0 Å². The van der Waals surface area contributed by atoms with Crippen molar-refractivity contribution in [2.75, 3.05) is 33.7 Å². The van der Waals surface area contributed by atoms with Crippen molar-refractivity contribution in [1.82, 2.24) is 14.5 Å². The number of rotatable bonds is 6. The van der Waals surface area contributed by atoms with Gasteiger partial charge in [0, 0.05) is 33.2 Å². The summed E-state index contributed by atoms with van der Waals surface area (Å²) in [6.07, 6.45) is 2.42. The topological polar surface area (TPSA) is 69.7 Å². The van der Waals surface area contributed by atoms with E-state index in [-0.39, 0.29) is 27.4 Å². The van der Waals surface area contributed by atoms with Crippen LogP contribution in [0.15, 0.2) is 23.1 Å². The van der Waals surface area contributed by atoms with Crippen molar-refractivity contribution in [3.8, 4) is 0 Å². The highest BCUT2D eigenvalue weighted by Crippen LogP contribution is 2.22. The molecule has 1 N–H and O–H groups in total. The van der Waals surface area contributed by atoms with Gasteiger partial charge in [-0.15, -0.1) is 0 Å². The van der Waals surface area contributed by atoms with Crippen LogP contribution >= 0.6 is 11.6 Å². The number of hydrogen-bond donors (Lipinski definition) is 1. The summed E-state index contributed by atoms with van der Waals surface area (Å²) in [5.41, 5.74) is 0.175. The predicted molar refractivity (Wildman–Crippen MR) is 104 cm³/mol. The fourth-order valence-electron chi connectivity index (χ4n) is 3.14. The Hall–Kier alpha value is -1.15. The molecule has 6 nitrogen and oxygen atoms in total. The molecule has 1 fully saturated rings. The lowest BCUT2D eigenvalue weighted by molar-refractivity contribution is 0.0917. The summed E-state index contributed by atoms with van der Waals surface area (Å²) in [5.74, 6) is 0.312. The van der Waals surface area contributed by atoms with Crippen molar-refractivity contribution in [3.63, 3.8) is 0 Å². The fraction of sp³-hybridized carbons (Fsp3) is 0.611. The van der Waals surface area contributed by atoms with Crippen LogP contribution in [0.25, 0.3) is 0 Å².